The molecule has 5 rings (SSSR count). The normalized spacial score (nSPS) is 16.0. The first kappa shape index (κ1) is 21.8. The van der Waals surface area contributed by atoms with Gasteiger partial charge in [-0.2, -0.15) is 0 Å². The molecule has 3 aromatic carbocycles. The molecule has 1 unspecified atom stereocenters. The predicted octanol–water partition coefficient (Wildman–Crippen LogP) is 4.68. The number of ether oxygens (including phenoxy) is 1. The number of carbonyl (C=O) groups is 2. The molecule has 172 valence electrons. The molecule has 0 spiro atoms. The van der Waals surface area contributed by atoms with Gasteiger partial charge < -0.3 is 14.1 Å². The third kappa shape index (κ3) is 4.29. The van der Waals surface area contributed by atoms with E-state index in [1.165, 1.54) is 30.3 Å². The van der Waals surface area contributed by atoms with Crippen LogP contribution in [0.1, 0.15) is 28.8 Å². The Balaban J connectivity index is 1.33. The van der Waals surface area contributed by atoms with E-state index in [0.29, 0.717) is 36.1 Å². The number of carbonyl (C=O) groups excluding carboxylic acids is 2. The zero-order valence-electron chi connectivity index (χ0n) is 18.3. The van der Waals surface area contributed by atoms with Crippen molar-refractivity contribution in [2.24, 2.45) is 5.92 Å². The molecule has 0 radical (unpaired) electrons. The van der Waals surface area contributed by atoms with E-state index in [2.05, 4.69) is 0 Å². The Morgan fingerprint density at radius 2 is 1.85 bits per heavy atom. The average molecular weight is 459 g/mol. The SMILES string of the molecule is O=C(OCc1cc(=O)oc2ccc3ccccc3c12)C1CCCN(C(=O)c2ccc(F)cc2)C1. The number of piperidine rings is 1. The number of likely N-dealkylation sites (tertiary alicyclic amines) is 1. The summed E-state index contributed by atoms with van der Waals surface area (Å²) in [6.07, 6.45) is 1.27. The molecule has 0 saturated carbocycles. The highest BCUT2D eigenvalue weighted by Crippen LogP contribution is 2.28. The molecule has 6 nitrogen and oxygen atoms in total. The van der Waals surface area contributed by atoms with Crippen molar-refractivity contribution >= 4 is 33.6 Å². The molecule has 7 heteroatoms. The fourth-order valence-electron chi connectivity index (χ4n) is 4.53. The zero-order valence-corrected chi connectivity index (χ0v) is 18.3. The van der Waals surface area contributed by atoms with Crippen LogP contribution in [0, 0.1) is 11.7 Å². The van der Waals surface area contributed by atoms with E-state index in [4.69, 9.17) is 9.15 Å². The first-order valence-electron chi connectivity index (χ1n) is 11.2. The Morgan fingerprint density at radius 1 is 1.06 bits per heavy atom. The minimum Gasteiger partial charge on any atom is -0.461 e. The minimum absolute atomic E-state index is 0.0721. The Hall–Kier alpha value is -4.00. The van der Waals surface area contributed by atoms with Gasteiger partial charge >= 0.3 is 11.6 Å². The minimum atomic E-state index is -0.512. The summed E-state index contributed by atoms with van der Waals surface area (Å²) in [5.41, 5.74) is 0.879. The fourth-order valence-corrected chi connectivity index (χ4v) is 4.53. The average Bonchev–Trinajstić information content (AvgIpc) is 2.86. The van der Waals surface area contributed by atoms with Crippen LogP contribution in [0.25, 0.3) is 21.7 Å². The number of benzene rings is 3. The molecule has 1 aliphatic heterocycles. The Kier molecular flexibility index (Phi) is 5.84. The van der Waals surface area contributed by atoms with Crippen molar-refractivity contribution in [2.75, 3.05) is 13.1 Å². The Labute approximate surface area is 194 Å². The van der Waals surface area contributed by atoms with Crippen LogP contribution in [0.4, 0.5) is 4.39 Å². The predicted molar refractivity (Wildman–Crippen MR) is 125 cm³/mol. The monoisotopic (exact) mass is 459 g/mol. The number of hydrogen-bond donors (Lipinski definition) is 0. The summed E-state index contributed by atoms with van der Waals surface area (Å²) in [5.74, 6) is -1.54. The molecule has 1 aromatic heterocycles. The summed E-state index contributed by atoms with van der Waals surface area (Å²) in [7, 11) is 0. The van der Waals surface area contributed by atoms with Crippen LogP contribution < -0.4 is 5.63 Å². The summed E-state index contributed by atoms with van der Waals surface area (Å²) >= 11 is 0. The zero-order chi connectivity index (χ0) is 23.7. The van der Waals surface area contributed by atoms with Crippen molar-refractivity contribution < 1.29 is 23.1 Å². The highest BCUT2D eigenvalue weighted by Gasteiger charge is 2.30. The second-order valence-corrected chi connectivity index (χ2v) is 8.46. The summed E-state index contributed by atoms with van der Waals surface area (Å²) in [6.45, 7) is 0.684. The van der Waals surface area contributed by atoms with Crippen LogP contribution in [0.3, 0.4) is 0 Å². The number of halogens is 1. The van der Waals surface area contributed by atoms with Gasteiger partial charge in [0.15, 0.2) is 0 Å². The molecule has 0 N–H and O–H groups in total. The van der Waals surface area contributed by atoms with Crippen molar-refractivity contribution in [3.63, 3.8) is 0 Å². The van der Waals surface area contributed by atoms with E-state index in [1.807, 2.05) is 30.3 Å². The lowest BCUT2D eigenvalue weighted by atomic mass is 9.97. The number of nitrogens with zero attached hydrogens (tertiary/aromatic N) is 1. The molecule has 4 aromatic rings. The van der Waals surface area contributed by atoms with E-state index < -0.39 is 23.3 Å². The first-order valence-corrected chi connectivity index (χ1v) is 11.2. The van der Waals surface area contributed by atoms with Crippen molar-refractivity contribution in [3.05, 3.63) is 94.1 Å². The Morgan fingerprint density at radius 3 is 2.68 bits per heavy atom. The summed E-state index contributed by atoms with van der Waals surface area (Å²) in [4.78, 5) is 39.4. The van der Waals surface area contributed by atoms with Crippen molar-refractivity contribution in [1.82, 2.24) is 4.90 Å². The summed E-state index contributed by atoms with van der Waals surface area (Å²) < 4.78 is 24.2. The topological polar surface area (TPSA) is 76.8 Å². The lowest BCUT2D eigenvalue weighted by molar-refractivity contribution is -0.151. The Bertz CT molecular complexity index is 1440. The van der Waals surface area contributed by atoms with E-state index in [-0.39, 0.29) is 19.1 Å². The lowest BCUT2D eigenvalue weighted by Gasteiger charge is -2.31. The van der Waals surface area contributed by atoms with Crippen molar-refractivity contribution in [2.45, 2.75) is 19.4 Å². The first-order chi connectivity index (χ1) is 16.5. The van der Waals surface area contributed by atoms with Gasteiger partial charge in [0.05, 0.1) is 5.92 Å². The van der Waals surface area contributed by atoms with Crippen LogP contribution in [0.15, 0.2) is 75.9 Å². The molecule has 1 atom stereocenters. The molecule has 0 bridgehead atoms. The lowest BCUT2D eigenvalue weighted by Crippen LogP contribution is -2.42. The molecule has 1 saturated heterocycles. The molecule has 1 fully saturated rings. The maximum atomic E-state index is 13.2. The largest absolute Gasteiger partial charge is 0.461 e. The molecule has 34 heavy (non-hydrogen) atoms. The van der Waals surface area contributed by atoms with Crippen LogP contribution in [-0.4, -0.2) is 29.9 Å². The van der Waals surface area contributed by atoms with E-state index in [1.54, 1.807) is 11.0 Å². The van der Waals surface area contributed by atoms with E-state index in [9.17, 15) is 18.8 Å². The van der Waals surface area contributed by atoms with E-state index >= 15 is 0 Å². The number of esters is 1. The van der Waals surface area contributed by atoms with E-state index in [0.717, 1.165) is 16.2 Å². The van der Waals surface area contributed by atoms with Gasteiger partial charge in [0.2, 0.25) is 0 Å². The van der Waals surface area contributed by atoms with Crippen molar-refractivity contribution in [3.8, 4) is 0 Å². The number of rotatable bonds is 4. The third-order valence-corrected chi connectivity index (χ3v) is 6.22. The van der Waals surface area contributed by atoms with Crippen LogP contribution >= 0.6 is 0 Å². The van der Waals surface area contributed by atoms with Crippen LogP contribution in [-0.2, 0) is 16.1 Å². The van der Waals surface area contributed by atoms with Gasteiger partial charge in [-0.3, -0.25) is 9.59 Å². The summed E-state index contributed by atoms with van der Waals surface area (Å²) in [5, 5.41) is 2.63. The van der Waals surface area contributed by atoms with Crippen LogP contribution in [0.5, 0.6) is 0 Å². The molecule has 2 heterocycles. The molecule has 1 aliphatic rings. The molecular formula is C27H22FNO5. The molecule has 0 aliphatic carbocycles. The van der Waals surface area contributed by atoms with Gasteiger partial charge in [0, 0.05) is 35.7 Å². The van der Waals surface area contributed by atoms with Gasteiger partial charge in [-0.15, -0.1) is 0 Å². The highest BCUT2D eigenvalue weighted by atomic mass is 19.1. The second kappa shape index (κ2) is 9.09. The third-order valence-electron chi connectivity index (χ3n) is 6.22. The second-order valence-electron chi connectivity index (χ2n) is 8.46. The quantitative estimate of drug-likeness (QED) is 0.252. The molecular weight excluding hydrogens is 437 g/mol. The summed E-state index contributed by atoms with van der Waals surface area (Å²) in [6, 6.07) is 18.1. The van der Waals surface area contributed by atoms with Gasteiger partial charge in [-0.25, -0.2) is 9.18 Å². The van der Waals surface area contributed by atoms with Crippen LogP contribution in [0.2, 0.25) is 0 Å². The fraction of sp³-hybridized carbons (Fsp3) is 0.222. The number of hydrogen-bond acceptors (Lipinski definition) is 5. The number of amides is 1. The van der Waals surface area contributed by atoms with Gasteiger partial charge in [0.1, 0.15) is 18.0 Å². The maximum absolute atomic E-state index is 13.2. The van der Waals surface area contributed by atoms with Gasteiger partial charge in [-0.1, -0.05) is 30.3 Å². The number of fused-ring (bicyclic) bond motifs is 3. The van der Waals surface area contributed by atoms with Gasteiger partial charge in [0.25, 0.3) is 5.91 Å². The van der Waals surface area contributed by atoms with Crippen molar-refractivity contribution in [1.29, 1.82) is 0 Å². The standard InChI is InChI=1S/C27H22FNO5/c28-21-10-7-18(8-11-21)26(31)29-13-3-5-19(15-29)27(32)33-16-20-14-24(30)34-23-12-9-17-4-1-2-6-22(17)25(20)23/h1-2,4,6-12,14,19H,3,5,13,15-16H2. The van der Waals surface area contributed by atoms with Gasteiger partial charge in [-0.05, 0) is 53.9 Å². The molecule has 1 amide bonds. The highest BCUT2D eigenvalue weighted by molar-refractivity contribution is 6.07. The smallest absolute Gasteiger partial charge is 0.336 e. The maximum Gasteiger partial charge on any atom is 0.336 e.